The van der Waals surface area contributed by atoms with Crippen molar-refractivity contribution in [2.24, 2.45) is 5.92 Å². The summed E-state index contributed by atoms with van der Waals surface area (Å²) >= 11 is 1.71. The Morgan fingerprint density at radius 3 is 2.82 bits per heavy atom. The molecule has 3 heteroatoms. The topological polar surface area (TPSA) is 33.1 Å². The van der Waals surface area contributed by atoms with E-state index in [9.17, 15) is 5.11 Å². The van der Waals surface area contributed by atoms with Gasteiger partial charge < -0.3 is 5.11 Å². The molecule has 17 heavy (non-hydrogen) atoms. The summed E-state index contributed by atoms with van der Waals surface area (Å²) in [6.07, 6.45) is 5.46. The van der Waals surface area contributed by atoms with Crippen molar-refractivity contribution in [1.82, 2.24) is 4.98 Å². The third kappa shape index (κ3) is 2.35. The van der Waals surface area contributed by atoms with Crippen molar-refractivity contribution in [2.45, 2.75) is 38.2 Å². The zero-order valence-corrected chi connectivity index (χ0v) is 10.6. The van der Waals surface area contributed by atoms with E-state index in [2.05, 4.69) is 11.1 Å². The van der Waals surface area contributed by atoms with E-state index in [1.807, 2.05) is 18.2 Å². The van der Waals surface area contributed by atoms with Crippen molar-refractivity contribution in [3.05, 3.63) is 29.3 Å². The molecule has 2 nitrogen and oxygen atoms in total. The van der Waals surface area contributed by atoms with E-state index >= 15 is 0 Å². The number of hydrogen-bond donors (Lipinski definition) is 1. The molecule has 1 N–H and O–H groups in total. The van der Waals surface area contributed by atoms with Crippen LogP contribution in [0.3, 0.4) is 0 Å². The monoisotopic (exact) mass is 247 g/mol. The molecule has 1 fully saturated rings. The van der Waals surface area contributed by atoms with Crippen LogP contribution in [0.1, 0.15) is 30.7 Å². The van der Waals surface area contributed by atoms with E-state index in [0.717, 1.165) is 16.9 Å². The number of benzene rings is 1. The summed E-state index contributed by atoms with van der Waals surface area (Å²) in [6, 6.07) is 8.19. The molecular formula is C14H17NOS. The average molecular weight is 247 g/mol. The zero-order valence-electron chi connectivity index (χ0n) is 9.80. The molecule has 1 aromatic heterocycles. The van der Waals surface area contributed by atoms with Gasteiger partial charge in [-0.25, -0.2) is 4.98 Å². The second-order valence-corrected chi connectivity index (χ2v) is 6.01. The van der Waals surface area contributed by atoms with E-state index in [1.165, 1.54) is 30.4 Å². The minimum atomic E-state index is -0.196. The lowest BCUT2D eigenvalue weighted by Crippen LogP contribution is -2.20. The molecule has 90 valence electrons. The molecule has 0 saturated heterocycles. The van der Waals surface area contributed by atoms with Gasteiger partial charge in [0.05, 0.1) is 21.3 Å². The van der Waals surface area contributed by atoms with E-state index in [0.29, 0.717) is 5.92 Å². The largest absolute Gasteiger partial charge is 0.392 e. The van der Waals surface area contributed by atoms with Crippen LogP contribution in [0.25, 0.3) is 10.2 Å². The maximum atomic E-state index is 10.2. The van der Waals surface area contributed by atoms with Crippen molar-refractivity contribution < 1.29 is 5.11 Å². The molecule has 1 heterocycles. The number of nitrogens with zero attached hydrogens (tertiary/aromatic N) is 1. The predicted octanol–water partition coefficient (Wildman–Crippen LogP) is 3.39. The first kappa shape index (κ1) is 11.2. The summed E-state index contributed by atoms with van der Waals surface area (Å²) in [5.41, 5.74) is 1.06. The summed E-state index contributed by atoms with van der Waals surface area (Å²) in [6.45, 7) is 0. The van der Waals surface area contributed by atoms with Gasteiger partial charge >= 0.3 is 0 Å². The molecule has 0 bridgehead atoms. The highest BCUT2D eigenvalue weighted by molar-refractivity contribution is 7.18. The van der Waals surface area contributed by atoms with E-state index < -0.39 is 0 Å². The van der Waals surface area contributed by atoms with Crippen LogP contribution in [0, 0.1) is 5.92 Å². The SMILES string of the molecule is OC(Cc1nc2ccccc2s1)C1CCCC1. The number of aromatic nitrogens is 1. The Bertz CT molecular complexity index is 469. The van der Waals surface area contributed by atoms with Crippen LogP contribution in [0.5, 0.6) is 0 Å². The molecule has 1 saturated carbocycles. The van der Waals surface area contributed by atoms with Crippen LogP contribution in [0.4, 0.5) is 0 Å². The number of hydrogen-bond acceptors (Lipinski definition) is 3. The Morgan fingerprint density at radius 2 is 2.06 bits per heavy atom. The van der Waals surface area contributed by atoms with Crippen molar-refractivity contribution in [3.8, 4) is 0 Å². The molecular weight excluding hydrogens is 230 g/mol. The second kappa shape index (κ2) is 4.75. The van der Waals surface area contributed by atoms with Crippen LogP contribution >= 0.6 is 11.3 Å². The lowest BCUT2D eigenvalue weighted by molar-refractivity contribution is 0.111. The second-order valence-electron chi connectivity index (χ2n) is 4.89. The van der Waals surface area contributed by atoms with Crippen LogP contribution in [0.2, 0.25) is 0 Å². The Labute approximate surface area is 105 Å². The molecule has 2 aromatic rings. The zero-order chi connectivity index (χ0) is 11.7. The smallest absolute Gasteiger partial charge is 0.0964 e. The fourth-order valence-corrected chi connectivity index (χ4v) is 3.71. The molecule has 1 aromatic carbocycles. The minimum absolute atomic E-state index is 0.196. The van der Waals surface area contributed by atoms with Gasteiger partial charge in [-0.05, 0) is 30.9 Å². The summed E-state index contributed by atoms with van der Waals surface area (Å²) in [5, 5.41) is 11.3. The first-order valence-electron chi connectivity index (χ1n) is 6.35. The molecule has 1 atom stereocenters. The van der Waals surface area contributed by atoms with Crippen molar-refractivity contribution in [1.29, 1.82) is 0 Å². The highest BCUT2D eigenvalue weighted by Gasteiger charge is 2.24. The highest BCUT2D eigenvalue weighted by Crippen LogP contribution is 2.30. The third-order valence-corrected chi connectivity index (χ3v) is 4.72. The van der Waals surface area contributed by atoms with E-state index in [1.54, 1.807) is 11.3 Å². The first-order chi connectivity index (χ1) is 8.33. The third-order valence-electron chi connectivity index (χ3n) is 3.67. The quantitative estimate of drug-likeness (QED) is 0.902. The Morgan fingerprint density at radius 1 is 1.29 bits per heavy atom. The molecule has 1 unspecified atom stereocenters. The lowest BCUT2D eigenvalue weighted by Gasteiger charge is -2.15. The standard InChI is InChI=1S/C14H17NOS/c16-12(10-5-1-2-6-10)9-14-15-11-7-3-4-8-13(11)17-14/h3-4,7-8,10,12,16H,1-2,5-6,9H2. The van der Waals surface area contributed by atoms with Gasteiger partial charge in [-0.15, -0.1) is 11.3 Å². The van der Waals surface area contributed by atoms with Crippen molar-refractivity contribution in [3.63, 3.8) is 0 Å². The molecule has 3 rings (SSSR count). The normalized spacial score (nSPS) is 18.9. The lowest BCUT2D eigenvalue weighted by atomic mass is 9.99. The maximum absolute atomic E-state index is 10.2. The van der Waals surface area contributed by atoms with E-state index in [4.69, 9.17) is 0 Å². The Kier molecular flexibility index (Phi) is 3.12. The molecule has 0 spiro atoms. The van der Waals surface area contributed by atoms with Gasteiger partial charge in [0, 0.05) is 6.42 Å². The number of aliphatic hydroxyl groups is 1. The van der Waals surface area contributed by atoms with E-state index in [-0.39, 0.29) is 6.10 Å². The molecule has 0 aliphatic heterocycles. The van der Waals surface area contributed by atoms with Gasteiger partial charge in [0.2, 0.25) is 0 Å². The van der Waals surface area contributed by atoms with Crippen LogP contribution in [-0.2, 0) is 6.42 Å². The van der Waals surface area contributed by atoms with Crippen LogP contribution in [-0.4, -0.2) is 16.2 Å². The van der Waals surface area contributed by atoms with Gasteiger partial charge in [0.25, 0.3) is 0 Å². The van der Waals surface area contributed by atoms with Gasteiger partial charge in [-0.3, -0.25) is 0 Å². The maximum Gasteiger partial charge on any atom is 0.0964 e. The minimum Gasteiger partial charge on any atom is -0.392 e. The van der Waals surface area contributed by atoms with Crippen molar-refractivity contribution in [2.75, 3.05) is 0 Å². The average Bonchev–Trinajstić information content (AvgIpc) is 2.97. The van der Waals surface area contributed by atoms with Gasteiger partial charge in [0.1, 0.15) is 0 Å². The summed E-state index contributed by atoms with van der Waals surface area (Å²) in [5.74, 6) is 0.502. The summed E-state index contributed by atoms with van der Waals surface area (Å²) in [4.78, 5) is 4.58. The fourth-order valence-electron chi connectivity index (χ4n) is 2.69. The highest BCUT2D eigenvalue weighted by atomic mass is 32.1. The fraction of sp³-hybridized carbons (Fsp3) is 0.500. The molecule has 0 radical (unpaired) electrons. The molecule has 0 amide bonds. The molecule has 1 aliphatic carbocycles. The van der Waals surface area contributed by atoms with Crippen molar-refractivity contribution >= 4 is 21.6 Å². The van der Waals surface area contributed by atoms with Crippen LogP contribution in [0.15, 0.2) is 24.3 Å². The van der Waals surface area contributed by atoms with Crippen LogP contribution < -0.4 is 0 Å². The number of thiazole rings is 1. The van der Waals surface area contributed by atoms with Gasteiger partial charge in [0.15, 0.2) is 0 Å². The number of fused-ring (bicyclic) bond motifs is 1. The number of rotatable bonds is 3. The Hall–Kier alpha value is -0.930. The first-order valence-corrected chi connectivity index (χ1v) is 7.17. The molecule has 1 aliphatic rings. The van der Waals surface area contributed by atoms with Gasteiger partial charge in [-0.2, -0.15) is 0 Å². The summed E-state index contributed by atoms with van der Waals surface area (Å²) < 4.78 is 1.22. The predicted molar refractivity (Wildman–Crippen MR) is 71.3 cm³/mol. The Balaban J connectivity index is 1.75. The number of aliphatic hydroxyl groups excluding tert-OH is 1. The number of para-hydroxylation sites is 1. The summed E-state index contributed by atoms with van der Waals surface area (Å²) in [7, 11) is 0. The van der Waals surface area contributed by atoms with Gasteiger partial charge in [-0.1, -0.05) is 25.0 Å².